The first-order valence-corrected chi connectivity index (χ1v) is 10.2. The molecule has 2 unspecified atom stereocenters. The van der Waals surface area contributed by atoms with Crippen LogP contribution in [0, 0.1) is 0 Å². The van der Waals surface area contributed by atoms with Crippen LogP contribution in [0.1, 0.15) is 6.42 Å². The Kier molecular flexibility index (Phi) is 7.07. The molecule has 1 aliphatic rings. The second kappa shape index (κ2) is 9.33. The quantitative estimate of drug-likeness (QED) is 0.319. The lowest BCUT2D eigenvalue weighted by molar-refractivity contribution is -0.107. The third-order valence-corrected chi connectivity index (χ3v) is 5.21. The first-order valence-electron chi connectivity index (χ1n) is 8.26. The number of thiocarbonyl (C=S) groups is 1. The molecule has 0 aromatic heterocycles. The van der Waals surface area contributed by atoms with Crippen LogP contribution in [-0.2, 0) is 4.79 Å². The Morgan fingerprint density at radius 3 is 2.11 bits per heavy atom. The number of amides is 1. The summed E-state index contributed by atoms with van der Waals surface area (Å²) in [5, 5.41) is 8.65. The van der Waals surface area contributed by atoms with Crippen LogP contribution in [0.5, 0.6) is 0 Å². The molecule has 28 heavy (non-hydrogen) atoms. The van der Waals surface area contributed by atoms with Crippen molar-refractivity contribution in [3.8, 4) is 0 Å². The van der Waals surface area contributed by atoms with Crippen molar-refractivity contribution in [2.45, 2.75) is 18.5 Å². The maximum Gasteiger partial charge on any atom is 0.214 e. The normalized spacial score (nSPS) is 18.0. The second-order valence-electron chi connectivity index (χ2n) is 6.19. The molecule has 0 fully saturated rings. The van der Waals surface area contributed by atoms with Crippen LogP contribution in [0.3, 0.4) is 0 Å². The molecular weight excluding hydrogens is 460 g/mol. The summed E-state index contributed by atoms with van der Waals surface area (Å²) in [7, 11) is 0. The van der Waals surface area contributed by atoms with E-state index in [1.54, 1.807) is 41.3 Å². The van der Waals surface area contributed by atoms with Gasteiger partial charge in [0.1, 0.15) is 0 Å². The Bertz CT molecular complexity index is 897. The van der Waals surface area contributed by atoms with Gasteiger partial charge in [-0.15, -0.1) is 0 Å². The molecule has 0 radical (unpaired) electrons. The molecule has 146 valence electrons. The monoisotopic (exact) mass is 473 g/mol. The molecular formula is C19H15Cl4N3OS. The summed E-state index contributed by atoms with van der Waals surface area (Å²) < 4.78 is 0. The molecule has 2 atom stereocenters. The van der Waals surface area contributed by atoms with Crippen molar-refractivity contribution < 1.29 is 4.79 Å². The number of rotatable bonds is 5. The fraction of sp³-hybridized carbons (Fsp3) is 0.158. The molecule has 0 heterocycles. The van der Waals surface area contributed by atoms with E-state index in [-0.39, 0.29) is 12.1 Å². The third-order valence-electron chi connectivity index (χ3n) is 4.11. The van der Waals surface area contributed by atoms with E-state index in [0.29, 0.717) is 43.0 Å². The van der Waals surface area contributed by atoms with Gasteiger partial charge in [-0.1, -0.05) is 58.6 Å². The van der Waals surface area contributed by atoms with Gasteiger partial charge in [-0.3, -0.25) is 4.79 Å². The number of hydrogen-bond donors (Lipinski definition) is 2. The molecule has 0 saturated heterocycles. The van der Waals surface area contributed by atoms with Gasteiger partial charge >= 0.3 is 0 Å². The summed E-state index contributed by atoms with van der Waals surface area (Å²) in [5.41, 5.74) is 1.33. The van der Waals surface area contributed by atoms with Crippen molar-refractivity contribution in [3.05, 3.63) is 68.6 Å². The van der Waals surface area contributed by atoms with E-state index < -0.39 is 0 Å². The fourth-order valence-electron chi connectivity index (χ4n) is 2.97. The number of halogens is 4. The molecule has 2 N–H and O–H groups in total. The van der Waals surface area contributed by atoms with Gasteiger partial charge in [0.2, 0.25) is 6.41 Å². The molecule has 0 spiro atoms. The summed E-state index contributed by atoms with van der Waals surface area (Å²) in [5.74, 6) is 0. The lowest BCUT2D eigenvalue weighted by atomic mass is 10.1. The number of nitrogens with zero attached hydrogens (tertiary/aromatic N) is 1. The number of carbonyl (C=O) groups excluding carboxylic acids is 1. The summed E-state index contributed by atoms with van der Waals surface area (Å²) in [6.07, 6.45) is 5.32. The summed E-state index contributed by atoms with van der Waals surface area (Å²) in [6, 6.07) is 9.93. The van der Waals surface area contributed by atoms with E-state index in [9.17, 15) is 4.79 Å². The van der Waals surface area contributed by atoms with Crippen molar-refractivity contribution in [2.24, 2.45) is 0 Å². The number of nitrogens with one attached hydrogen (secondary N) is 2. The predicted octanol–water partition coefficient (Wildman–Crippen LogP) is 5.95. The molecule has 4 nitrogen and oxygen atoms in total. The van der Waals surface area contributed by atoms with Crippen molar-refractivity contribution in [1.29, 1.82) is 0 Å². The molecule has 3 rings (SSSR count). The van der Waals surface area contributed by atoms with Gasteiger partial charge in [-0.25, -0.2) is 0 Å². The average Bonchev–Trinajstić information content (AvgIpc) is 3.01. The zero-order valence-electron chi connectivity index (χ0n) is 14.3. The number of carbonyl (C=O) groups is 1. The summed E-state index contributed by atoms with van der Waals surface area (Å²) in [4.78, 5) is 13.3. The molecule has 0 bridgehead atoms. The minimum absolute atomic E-state index is 0.0447. The van der Waals surface area contributed by atoms with Crippen molar-refractivity contribution in [2.75, 3.05) is 10.2 Å². The van der Waals surface area contributed by atoms with Crippen LogP contribution in [0.4, 0.5) is 11.4 Å². The second-order valence-corrected chi connectivity index (χ2v) is 8.35. The molecule has 0 saturated carbocycles. The van der Waals surface area contributed by atoms with Crippen LogP contribution >= 0.6 is 58.6 Å². The molecule has 1 amide bonds. The minimum Gasteiger partial charge on any atom is -0.356 e. The maximum atomic E-state index is 11.7. The number of hydrogen-bond acceptors (Lipinski definition) is 2. The van der Waals surface area contributed by atoms with Gasteiger partial charge in [0.05, 0.1) is 6.04 Å². The minimum atomic E-state index is -0.145. The van der Waals surface area contributed by atoms with Gasteiger partial charge in [-0.2, -0.15) is 0 Å². The summed E-state index contributed by atoms with van der Waals surface area (Å²) >= 11 is 29.5. The van der Waals surface area contributed by atoms with Gasteiger partial charge in [-0.05, 0) is 55.0 Å². The third kappa shape index (κ3) is 5.52. The van der Waals surface area contributed by atoms with Gasteiger partial charge in [0, 0.05) is 37.5 Å². The van der Waals surface area contributed by atoms with Gasteiger partial charge in [0.25, 0.3) is 0 Å². The Balaban J connectivity index is 1.62. The zero-order chi connectivity index (χ0) is 20.3. The van der Waals surface area contributed by atoms with E-state index in [1.165, 1.54) is 0 Å². The van der Waals surface area contributed by atoms with Crippen molar-refractivity contribution >= 4 is 81.5 Å². The van der Waals surface area contributed by atoms with E-state index in [4.69, 9.17) is 58.6 Å². The molecule has 2 aromatic rings. The van der Waals surface area contributed by atoms with E-state index in [2.05, 4.69) is 10.6 Å². The molecule has 0 aliphatic heterocycles. The SMILES string of the molecule is O=CN(c1cc(Cl)cc(Cl)c1)C1C=CC(NC(=S)Nc2cc(Cl)cc(Cl)c2)C1. The van der Waals surface area contributed by atoms with Gasteiger partial charge in [0.15, 0.2) is 5.11 Å². The summed E-state index contributed by atoms with van der Waals surface area (Å²) in [6.45, 7) is 0. The van der Waals surface area contributed by atoms with Gasteiger partial charge < -0.3 is 15.5 Å². The topological polar surface area (TPSA) is 44.4 Å². The lowest BCUT2D eigenvalue weighted by Crippen LogP contribution is -2.39. The molecule has 1 aliphatic carbocycles. The average molecular weight is 475 g/mol. The zero-order valence-corrected chi connectivity index (χ0v) is 18.2. The van der Waals surface area contributed by atoms with E-state index in [0.717, 1.165) is 6.41 Å². The Hall–Kier alpha value is -1.50. The van der Waals surface area contributed by atoms with Crippen LogP contribution in [0.25, 0.3) is 0 Å². The predicted molar refractivity (Wildman–Crippen MR) is 122 cm³/mol. The molecule has 9 heteroatoms. The van der Waals surface area contributed by atoms with Crippen LogP contribution in [-0.4, -0.2) is 23.6 Å². The standard InChI is InChI=1S/C19H15Cl4N3OS/c20-11-3-12(21)6-16(5-11)25-19(28)24-15-1-2-17(9-15)26(10-27)18-7-13(22)4-14(23)8-18/h1-8,10,15,17H,9H2,(H2,24,25,28). The first-order chi connectivity index (χ1) is 13.3. The largest absolute Gasteiger partial charge is 0.356 e. The van der Waals surface area contributed by atoms with Crippen LogP contribution < -0.4 is 15.5 Å². The lowest BCUT2D eigenvalue weighted by Gasteiger charge is -2.25. The highest BCUT2D eigenvalue weighted by Gasteiger charge is 2.25. The fourth-order valence-corrected chi connectivity index (χ4v) is 4.28. The van der Waals surface area contributed by atoms with Crippen LogP contribution in [0.15, 0.2) is 48.6 Å². The maximum absolute atomic E-state index is 11.7. The highest BCUT2D eigenvalue weighted by atomic mass is 35.5. The van der Waals surface area contributed by atoms with Crippen LogP contribution in [0.2, 0.25) is 20.1 Å². The van der Waals surface area contributed by atoms with Crippen molar-refractivity contribution in [1.82, 2.24) is 5.32 Å². The first kappa shape index (κ1) is 21.2. The van der Waals surface area contributed by atoms with Crippen molar-refractivity contribution in [3.63, 3.8) is 0 Å². The smallest absolute Gasteiger partial charge is 0.214 e. The highest BCUT2D eigenvalue weighted by Crippen LogP contribution is 2.29. The van der Waals surface area contributed by atoms with E-state index >= 15 is 0 Å². The highest BCUT2D eigenvalue weighted by molar-refractivity contribution is 7.80. The number of anilines is 2. The molecule has 2 aromatic carbocycles. The number of benzene rings is 2. The Morgan fingerprint density at radius 2 is 1.54 bits per heavy atom. The Morgan fingerprint density at radius 1 is 0.964 bits per heavy atom. The Labute approximate surface area is 188 Å². The van der Waals surface area contributed by atoms with E-state index in [1.807, 2.05) is 12.2 Å².